The molecule has 176 valence electrons. The van der Waals surface area contributed by atoms with Crippen LogP contribution >= 0.6 is 0 Å². The van der Waals surface area contributed by atoms with Gasteiger partial charge in [0.2, 0.25) is 0 Å². The molecule has 0 aliphatic carbocycles. The van der Waals surface area contributed by atoms with E-state index in [0.29, 0.717) is 18.0 Å². The van der Waals surface area contributed by atoms with Crippen molar-refractivity contribution in [3.8, 4) is 11.5 Å². The van der Waals surface area contributed by atoms with Crippen molar-refractivity contribution in [2.24, 2.45) is 0 Å². The van der Waals surface area contributed by atoms with Gasteiger partial charge in [-0.25, -0.2) is 0 Å². The molecule has 1 fully saturated rings. The predicted molar refractivity (Wildman–Crippen MR) is 127 cm³/mol. The fraction of sp³-hybridized carbons (Fsp3) is 0.560. The quantitative estimate of drug-likeness (QED) is 0.488. The zero-order valence-corrected chi connectivity index (χ0v) is 19.7. The number of nitrogens with zero attached hydrogens (tertiary/aromatic N) is 3. The van der Waals surface area contributed by atoms with Crippen molar-refractivity contribution in [2.75, 3.05) is 59.5 Å². The summed E-state index contributed by atoms with van der Waals surface area (Å²) in [6.07, 6.45) is 0.371. The molecule has 1 unspecified atom stereocenters. The summed E-state index contributed by atoms with van der Waals surface area (Å²) < 4.78 is 11.4. The molecule has 2 aromatic rings. The zero-order chi connectivity index (χ0) is 22.8. The lowest BCUT2D eigenvalue weighted by Crippen LogP contribution is -2.49. The highest BCUT2D eigenvalue weighted by molar-refractivity contribution is 5.43. The molecule has 1 atom stereocenters. The monoisotopic (exact) mass is 442 g/mol. The summed E-state index contributed by atoms with van der Waals surface area (Å²) in [7, 11) is 1.65. The Labute approximate surface area is 192 Å². The number of piperazine rings is 1. The highest BCUT2D eigenvalue weighted by Gasteiger charge is 2.19. The third-order valence-corrected chi connectivity index (χ3v) is 5.87. The van der Waals surface area contributed by atoms with Gasteiger partial charge in [-0.1, -0.05) is 19.1 Å². The van der Waals surface area contributed by atoms with Crippen LogP contribution in [0.5, 0.6) is 11.5 Å². The number of aliphatic hydroxyl groups excluding tert-OH is 1. The van der Waals surface area contributed by atoms with Crippen LogP contribution in [0.2, 0.25) is 0 Å². The largest absolute Gasteiger partial charge is 0.493 e. The Hall–Kier alpha value is -2.19. The lowest BCUT2D eigenvalue weighted by Gasteiger charge is -2.34. The first-order chi connectivity index (χ1) is 15.6. The highest BCUT2D eigenvalue weighted by atomic mass is 16.5. The Kier molecular flexibility index (Phi) is 9.74. The molecular formula is C25H38N4O3. The molecule has 0 spiro atoms. The number of benzene rings is 1. The topological polar surface area (TPSA) is 70.1 Å². The second-order valence-electron chi connectivity index (χ2n) is 8.38. The number of hydrogen-bond donors (Lipinski definition) is 2. The van der Waals surface area contributed by atoms with Crippen LogP contribution < -0.4 is 14.8 Å². The van der Waals surface area contributed by atoms with Crippen LogP contribution in [0.3, 0.4) is 0 Å². The molecule has 0 bridgehead atoms. The first kappa shape index (κ1) is 24.5. The van der Waals surface area contributed by atoms with Crippen LogP contribution in [0.1, 0.15) is 23.9 Å². The molecule has 2 N–H and O–H groups in total. The van der Waals surface area contributed by atoms with E-state index < -0.39 is 6.10 Å². The van der Waals surface area contributed by atoms with Gasteiger partial charge in [-0.15, -0.1) is 0 Å². The van der Waals surface area contributed by atoms with Crippen molar-refractivity contribution in [1.29, 1.82) is 0 Å². The average molecular weight is 443 g/mol. The summed E-state index contributed by atoms with van der Waals surface area (Å²) in [6, 6.07) is 12.1. The van der Waals surface area contributed by atoms with E-state index in [0.717, 1.165) is 69.2 Å². The lowest BCUT2D eigenvalue weighted by molar-refractivity contribution is 0.0464. The molecule has 32 heavy (non-hydrogen) atoms. The van der Waals surface area contributed by atoms with Crippen LogP contribution in [0.4, 0.5) is 0 Å². The number of rotatable bonds is 12. The van der Waals surface area contributed by atoms with Gasteiger partial charge in [0.1, 0.15) is 12.7 Å². The summed E-state index contributed by atoms with van der Waals surface area (Å²) in [5.74, 6) is 1.35. The van der Waals surface area contributed by atoms with Crippen LogP contribution in [-0.2, 0) is 13.0 Å². The third kappa shape index (κ3) is 7.74. The van der Waals surface area contributed by atoms with Crippen molar-refractivity contribution in [3.05, 3.63) is 53.3 Å². The molecule has 1 aliphatic heterocycles. The summed E-state index contributed by atoms with van der Waals surface area (Å²) in [4.78, 5) is 9.27. The van der Waals surface area contributed by atoms with Crippen LogP contribution in [0.15, 0.2) is 36.4 Å². The molecule has 2 heterocycles. The normalized spacial score (nSPS) is 16.1. The van der Waals surface area contributed by atoms with Crippen LogP contribution in [0, 0.1) is 6.92 Å². The Morgan fingerprint density at radius 3 is 2.59 bits per heavy atom. The molecule has 0 saturated carbocycles. The van der Waals surface area contributed by atoms with E-state index >= 15 is 0 Å². The van der Waals surface area contributed by atoms with Crippen molar-refractivity contribution in [2.45, 2.75) is 32.9 Å². The molecule has 0 amide bonds. The molecule has 1 saturated heterocycles. The van der Waals surface area contributed by atoms with E-state index in [9.17, 15) is 5.11 Å². The van der Waals surface area contributed by atoms with Crippen molar-refractivity contribution < 1.29 is 14.6 Å². The number of aliphatic hydroxyl groups is 1. The zero-order valence-electron chi connectivity index (χ0n) is 19.7. The van der Waals surface area contributed by atoms with Gasteiger partial charge in [0.25, 0.3) is 0 Å². The van der Waals surface area contributed by atoms with Gasteiger partial charge >= 0.3 is 0 Å². The van der Waals surface area contributed by atoms with Crippen molar-refractivity contribution in [1.82, 2.24) is 20.1 Å². The Bertz CT molecular complexity index is 825. The third-order valence-electron chi connectivity index (χ3n) is 5.87. The van der Waals surface area contributed by atoms with Crippen LogP contribution in [0.25, 0.3) is 0 Å². The number of hydrogen-bond acceptors (Lipinski definition) is 7. The number of β-amino-alcohol motifs (C(OH)–C–C–N with tert-alkyl or cyclic N) is 1. The SMILES string of the molecule is CCN1CCN(CC(O)COc2ccc(CNCCc3cccc(C)n3)cc2OC)CC1. The van der Waals surface area contributed by atoms with E-state index in [1.54, 1.807) is 7.11 Å². The fourth-order valence-electron chi connectivity index (χ4n) is 3.95. The molecule has 1 aromatic carbocycles. The standard InChI is InChI=1S/C25H38N4O3/c1-4-28-12-14-29(15-13-28)18-23(30)19-32-24-9-8-21(16-25(24)31-3)17-26-11-10-22-7-5-6-20(2)27-22/h5-9,16,23,26,30H,4,10-15,17-19H2,1-3H3. The first-order valence-electron chi connectivity index (χ1n) is 11.6. The highest BCUT2D eigenvalue weighted by Crippen LogP contribution is 2.28. The molecule has 7 nitrogen and oxygen atoms in total. The molecule has 7 heteroatoms. The maximum absolute atomic E-state index is 10.4. The second kappa shape index (κ2) is 12.7. The van der Waals surface area contributed by atoms with E-state index in [1.165, 1.54) is 0 Å². The minimum atomic E-state index is -0.524. The Balaban J connectivity index is 1.41. The van der Waals surface area contributed by atoms with Crippen LogP contribution in [-0.4, -0.2) is 85.5 Å². The van der Waals surface area contributed by atoms with E-state index in [1.807, 2.05) is 37.3 Å². The number of pyridine rings is 1. The summed E-state index contributed by atoms with van der Waals surface area (Å²) in [5, 5.41) is 13.9. The molecule has 3 rings (SSSR count). The van der Waals surface area contributed by atoms with Gasteiger partial charge in [0, 0.05) is 63.6 Å². The molecule has 0 radical (unpaired) electrons. The van der Waals surface area contributed by atoms with E-state index in [4.69, 9.17) is 9.47 Å². The van der Waals surface area contributed by atoms with Gasteiger partial charge in [0.15, 0.2) is 11.5 Å². The number of ether oxygens (including phenoxy) is 2. The van der Waals surface area contributed by atoms with Gasteiger partial charge in [-0.05, 0) is 43.3 Å². The average Bonchev–Trinajstić information content (AvgIpc) is 2.81. The van der Waals surface area contributed by atoms with Gasteiger partial charge in [-0.3, -0.25) is 9.88 Å². The summed E-state index contributed by atoms with van der Waals surface area (Å²) in [5.41, 5.74) is 3.28. The lowest BCUT2D eigenvalue weighted by atomic mass is 10.2. The number of aryl methyl sites for hydroxylation is 1. The van der Waals surface area contributed by atoms with Crippen molar-refractivity contribution >= 4 is 0 Å². The Morgan fingerprint density at radius 1 is 1.09 bits per heavy atom. The first-order valence-corrected chi connectivity index (χ1v) is 11.6. The van der Waals surface area contributed by atoms with Gasteiger partial charge in [0.05, 0.1) is 7.11 Å². The van der Waals surface area contributed by atoms with E-state index in [-0.39, 0.29) is 6.61 Å². The number of nitrogens with one attached hydrogen (secondary N) is 1. The fourth-order valence-corrected chi connectivity index (χ4v) is 3.95. The van der Waals surface area contributed by atoms with E-state index in [2.05, 4.69) is 33.1 Å². The summed E-state index contributed by atoms with van der Waals surface area (Å²) >= 11 is 0. The summed E-state index contributed by atoms with van der Waals surface area (Å²) in [6.45, 7) is 11.9. The number of likely N-dealkylation sites (N-methyl/N-ethyl adjacent to an activating group) is 1. The number of aromatic nitrogens is 1. The van der Waals surface area contributed by atoms with Gasteiger partial charge < -0.3 is 24.8 Å². The molecule has 1 aliphatic rings. The minimum Gasteiger partial charge on any atom is -0.493 e. The molecular weight excluding hydrogens is 404 g/mol. The number of methoxy groups -OCH3 is 1. The maximum atomic E-state index is 10.4. The van der Waals surface area contributed by atoms with Gasteiger partial charge in [-0.2, -0.15) is 0 Å². The second-order valence-corrected chi connectivity index (χ2v) is 8.38. The maximum Gasteiger partial charge on any atom is 0.161 e. The van der Waals surface area contributed by atoms with Crippen molar-refractivity contribution in [3.63, 3.8) is 0 Å². The molecule has 1 aromatic heterocycles. The predicted octanol–water partition coefficient (Wildman–Crippen LogP) is 2.11. The minimum absolute atomic E-state index is 0.255. The Morgan fingerprint density at radius 2 is 1.88 bits per heavy atom. The smallest absolute Gasteiger partial charge is 0.161 e.